The molecular formula is C20H16ClNO3S. The van der Waals surface area contributed by atoms with Crippen molar-refractivity contribution in [3.05, 3.63) is 77.3 Å². The summed E-state index contributed by atoms with van der Waals surface area (Å²) in [4.78, 5) is 0.229. The molecule has 26 heavy (non-hydrogen) atoms. The number of nitrogens with one attached hydrogen (secondary N) is 1. The molecule has 3 aromatic carbocycles. The quantitative estimate of drug-likeness (QED) is 0.538. The highest BCUT2D eigenvalue weighted by molar-refractivity contribution is 7.89. The standard InChI is InChI=1S/C20H16ClNO3S/c21-15-7-5-14(6-8-15)11-12-22-26(23,24)16-9-10-20-18(13-16)17-3-1-2-4-19(17)25-20/h1-10,13,22H,11-12H2. The minimum absolute atomic E-state index is 0.229. The van der Waals surface area contributed by atoms with Crippen molar-refractivity contribution in [3.63, 3.8) is 0 Å². The Kier molecular flexibility index (Phi) is 4.44. The smallest absolute Gasteiger partial charge is 0.240 e. The molecule has 0 unspecified atom stereocenters. The Balaban J connectivity index is 1.56. The average Bonchev–Trinajstić information content (AvgIpc) is 3.01. The van der Waals surface area contributed by atoms with Crippen molar-refractivity contribution in [2.24, 2.45) is 0 Å². The summed E-state index contributed by atoms with van der Waals surface area (Å²) in [5, 5.41) is 2.36. The molecule has 0 saturated carbocycles. The van der Waals surface area contributed by atoms with Crippen LogP contribution in [0, 0.1) is 0 Å². The van der Waals surface area contributed by atoms with Crippen molar-refractivity contribution in [3.8, 4) is 0 Å². The van der Waals surface area contributed by atoms with Crippen LogP contribution in [0.15, 0.2) is 76.0 Å². The lowest BCUT2D eigenvalue weighted by atomic mass is 10.1. The molecule has 0 aliphatic heterocycles. The molecule has 0 amide bonds. The van der Waals surface area contributed by atoms with Gasteiger partial charge in [-0.15, -0.1) is 0 Å². The second-order valence-electron chi connectivity index (χ2n) is 6.03. The normalized spacial score (nSPS) is 12.0. The maximum Gasteiger partial charge on any atom is 0.240 e. The molecular weight excluding hydrogens is 370 g/mol. The third kappa shape index (κ3) is 3.33. The van der Waals surface area contributed by atoms with Crippen molar-refractivity contribution >= 4 is 43.6 Å². The van der Waals surface area contributed by atoms with Gasteiger partial charge in [0.25, 0.3) is 0 Å². The molecule has 6 heteroatoms. The summed E-state index contributed by atoms with van der Waals surface area (Å²) < 4.78 is 33.6. The number of hydrogen-bond donors (Lipinski definition) is 1. The first-order valence-electron chi connectivity index (χ1n) is 8.18. The van der Waals surface area contributed by atoms with E-state index in [1.807, 2.05) is 36.4 Å². The Labute approximate surface area is 156 Å². The fourth-order valence-corrected chi connectivity index (χ4v) is 4.12. The molecule has 4 nitrogen and oxygen atoms in total. The molecule has 0 aliphatic carbocycles. The van der Waals surface area contributed by atoms with E-state index in [1.165, 1.54) is 0 Å². The van der Waals surface area contributed by atoms with Crippen LogP contribution in [0.1, 0.15) is 5.56 Å². The fraction of sp³-hybridized carbons (Fsp3) is 0.100. The van der Waals surface area contributed by atoms with Crippen LogP contribution in [0.3, 0.4) is 0 Å². The summed E-state index contributed by atoms with van der Waals surface area (Å²) in [6.07, 6.45) is 0.591. The Hall–Kier alpha value is -2.34. The molecule has 1 aromatic heterocycles. The molecule has 0 radical (unpaired) electrons. The minimum Gasteiger partial charge on any atom is -0.456 e. The van der Waals surface area contributed by atoms with Crippen LogP contribution in [0.4, 0.5) is 0 Å². The van der Waals surface area contributed by atoms with Gasteiger partial charge in [-0.3, -0.25) is 0 Å². The highest BCUT2D eigenvalue weighted by atomic mass is 35.5. The molecule has 4 rings (SSSR count). The monoisotopic (exact) mass is 385 g/mol. The minimum atomic E-state index is -3.59. The van der Waals surface area contributed by atoms with Crippen LogP contribution in [0.25, 0.3) is 21.9 Å². The van der Waals surface area contributed by atoms with E-state index < -0.39 is 10.0 Å². The molecule has 0 spiro atoms. The van der Waals surface area contributed by atoms with Gasteiger partial charge in [0.2, 0.25) is 10.0 Å². The zero-order valence-electron chi connectivity index (χ0n) is 13.8. The van der Waals surface area contributed by atoms with Gasteiger partial charge in [-0.25, -0.2) is 13.1 Å². The highest BCUT2D eigenvalue weighted by Gasteiger charge is 2.16. The zero-order valence-corrected chi connectivity index (χ0v) is 15.3. The topological polar surface area (TPSA) is 59.3 Å². The average molecular weight is 386 g/mol. The molecule has 1 heterocycles. The van der Waals surface area contributed by atoms with Gasteiger partial charge in [-0.2, -0.15) is 0 Å². The molecule has 0 atom stereocenters. The van der Waals surface area contributed by atoms with Gasteiger partial charge in [-0.05, 0) is 48.4 Å². The number of benzene rings is 3. The SMILES string of the molecule is O=S(=O)(NCCc1ccc(Cl)cc1)c1ccc2oc3ccccc3c2c1. The summed E-state index contributed by atoms with van der Waals surface area (Å²) in [6, 6.07) is 19.9. The van der Waals surface area contributed by atoms with E-state index in [1.54, 1.807) is 30.3 Å². The highest BCUT2D eigenvalue weighted by Crippen LogP contribution is 2.30. The lowest BCUT2D eigenvalue weighted by Crippen LogP contribution is -2.25. The van der Waals surface area contributed by atoms with E-state index in [9.17, 15) is 8.42 Å². The maximum absolute atomic E-state index is 12.6. The van der Waals surface area contributed by atoms with Crippen molar-refractivity contribution in [2.45, 2.75) is 11.3 Å². The van der Waals surface area contributed by atoms with Crippen LogP contribution >= 0.6 is 11.6 Å². The molecule has 4 aromatic rings. The number of para-hydroxylation sites is 1. The van der Waals surface area contributed by atoms with Gasteiger partial charge in [0.15, 0.2) is 0 Å². The predicted molar refractivity (Wildman–Crippen MR) is 104 cm³/mol. The number of fused-ring (bicyclic) bond motifs is 3. The Morgan fingerprint density at radius 1 is 0.885 bits per heavy atom. The fourth-order valence-electron chi connectivity index (χ4n) is 2.94. The van der Waals surface area contributed by atoms with E-state index in [-0.39, 0.29) is 4.90 Å². The van der Waals surface area contributed by atoms with Gasteiger partial charge >= 0.3 is 0 Å². The van der Waals surface area contributed by atoms with Gasteiger partial charge in [0.1, 0.15) is 11.2 Å². The van der Waals surface area contributed by atoms with E-state index in [0.29, 0.717) is 23.6 Å². The number of rotatable bonds is 5. The van der Waals surface area contributed by atoms with E-state index in [4.69, 9.17) is 16.0 Å². The van der Waals surface area contributed by atoms with Crippen molar-refractivity contribution in [2.75, 3.05) is 6.54 Å². The van der Waals surface area contributed by atoms with Crippen LogP contribution in [-0.2, 0) is 16.4 Å². The second kappa shape index (κ2) is 6.76. The zero-order chi connectivity index (χ0) is 18.1. The number of hydrogen-bond acceptors (Lipinski definition) is 3. The summed E-state index contributed by atoms with van der Waals surface area (Å²) in [7, 11) is -3.59. The largest absolute Gasteiger partial charge is 0.456 e. The first kappa shape index (κ1) is 17.1. The molecule has 0 fully saturated rings. The number of furan rings is 1. The van der Waals surface area contributed by atoms with E-state index in [2.05, 4.69) is 4.72 Å². The van der Waals surface area contributed by atoms with Crippen LogP contribution in [0.5, 0.6) is 0 Å². The van der Waals surface area contributed by atoms with Crippen LogP contribution in [0.2, 0.25) is 5.02 Å². The third-order valence-corrected chi connectivity index (χ3v) is 5.99. The Morgan fingerprint density at radius 2 is 1.62 bits per heavy atom. The summed E-state index contributed by atoms with van der Waals surface area (Å²) in [6.45, 7) is 0.314. The lowest BCUT2D eigenvalue weighted by Gasteiger charge is -2.07. The predicted octanol–water partition coefficient (Wildman–Crippen LogP) is 4.76. The maximum atomic E-state index is 12.6. The second-order valence-corrected chi connectivity index (χ2v) is 8.23. The van der Waals surface area contributed by atoms with Crippen LogP contribution < -0.4 is 4.72 Å². The van der Waals surface area contributed by atoms with Gasteiger partial charge in [0, 0.05) is 22.3 Å². The van der Waals surface area contributed by atoms with E-state index >= 15 is 0 Å². The first-order valence-corrected chi connectivity index (χ1v) is 10.0. The lowest BCUT2D eigenvalue weighted by molar-refractivity contribution is 0.581. The molecule has 0 bridgehead atoms. The van der Waals surface area contributed by atoms with Gasteiger partial charge in [-0.1, -0.05) is 41.9 Å². The molecule has 132 valence electrons. The van der Waals surface area contributed by atoms with Crippen molar-refractivity contribution in [1.82, 2.24) is 4.72 Å². The van der Waals surface area contributed by atoms with Gasteiger partial charge in [0.05, 0.1) is 4.90 Å². The van der Waals surface area contributed by atoms with Crippen molar-refractivity contribution in [1.29, 1.82) is 0 Å². The molecule has 1 N–H and O–H groups in total. The Morgan fingerprint density at radius 3 is 2.42 bits per heavy atom. The molecule has 0 saturated heterocycles. The third-order valence-electron chi connectivity index (χ3n) is 4.28. The number of sulfonamides is 1. The summed E-state index contributed by atoms with van der Waals surface area (Å²) >= 11 is 5.86. The molecule has 0 aliphatic rings. The van der Waals surface area contributed by atoms with Crippen LogP contribution in [-0.4, -0.2) is 15.0 Å². The van der Waals surface area contributed by atoms with Crippen molar-refractivity contribution < 1.29 is 12.8 Å². The Bertz CT molecular complexity index is 1180. The summed E-state index contributed by atoms with van der Waals surface area (Å²) in [5.41, 5.74) is 2.44. The first-order chi connectivity index (χ1) is 12.5. The van der Waals surface area contributed by atoms with E-state index in [0.717, 1.165) is 21.9 Å². The number of halogens is 1. The summed E-state index contributed by atoms with van der Waals surface area (Å²) in [5.74, 6) is 0. The van der Waals surface area contributed by atoms with Gasteiger partial charge < -0.3 is 4.42 Å².